The van der Waals surface area contributed by atoms with Crippen molar-refractivity contribution >= 4 is 11.4 Å². The fourth-order valence-corrected chi connectivity index (χ4v) is 6.37. The fraction of sp³-hybridized carbons (Fsp3) is 0.324. The van der Waals surface area contributed by atoms with Gasteiger partial charge in [-0.15, -0.1) is 5.10 Å². The largest absolute Gasteiger partial charge is 0.481 e. The van der Waals surface area contributed by atoms with Crippen molar-refractivity contribution in [3.05, 3.63) is 90.0 Å². The van der Waals surface area contributed by atoms with E-state index in [1.807, 2.05) is 30.5 Å². The number of rotatable bonds is 9. The maximum Gasteiger partial charge on any atom is 0.418 e. The number of benzene rings is 2. The Labute approximate surface area is 270 Å². The molecule has 7 rings (SSSR count). The normalized spacial score (nSPS) is 14.7. The number of pyridine rings is 1. The first-order chi connectivity index (χ1) is 22.8. The van der Waals surface area contributed by atoms with Crippen molar-refractivity contribution in [2.75, 3.05) is 56.7 Å². The molecule has 0 unspecified atom stereocenters. The third-order valence-electron chi connectivity index (χ3n) is 8.69. The molecule has 0 aliphatic carbocycles. The Morgan fingerprint density at radius 2 is 1.72 bits per heavy atom. The van der Waals surface area contributed by atoms with E-state index >= 15 is 0 Å². The molecule has 2 aliphatic rings. The van der Waals surface area contributed by atoms with Gasteiger partial charge in [-0.25, -0.2) is 9.67 Å². The van der Waals surface area contributed by atoms with Crippen LogP contribution in [-0.2, 0) is 30.6 Å². The lowest BCUT2D eigenvalue weighted by Gasteiger charge is -2.32. The summed E-state index contributed by atoms with van der Waals surface area (Å²) in [5, 5.41) is 12.2. The second-order valence-electron chi connectivity index (χ2n) is 11.7. The third kappa shape index (κ3) is 6.15. The van der Waals surface area contributed by atoms with E-state index in [0.29, 0.717) is 68.8 Å². The van der Waals surface area contributed by atoms with E-state index < -0.39 is 11.7 Å². The van der Waals surface area contributed by atoms with Crippen molar-refractivity contribution in [1.82, 2.24) is 29.9 Å². The molecule has 1 fully saturated rings. The molecule has 10 nitrogen and oxygen atoms in total. The summed E-state index contributed by atoms with van der Waals surface area (Å²) in [6, 6.07) is 16.3. The minimum Gasteiger partial charge on any atom is -0.481 e. The average Bonchev–Trinajstić information content (AvgIpc) is 3.74. The Morgan fingerprint density at radius 1 is 0.915 bits per heavy atom. The molecule has 2 aromatic carbocycles. The maximum absolute atomic E-state index is 14.5. The van der Waals surface area contributed by atoms with E-state index in [1.165, 1.54) is 6.07 Å². The summed E-state index contributed by atoms with van der Waals surface area (Å²) >= 11 is 0. The van der Waals surface area contributed by atoms with Crippen LogP contribution < -0.4 is 19.9 Å². The molecular weight excluding hydrogens is 609 g/mol. The van der Waals surface area contributed by atoms with E-state index in [2.05, 4.69) is 42.3 Å². The molecule has 0 bridgehead atoms. The number of anilines is 2. The Bertz CT molecular complexity index is 1860. The van der Waals surface area contributed by atoms with Gasteiger partial charge in [-0.1, -0.05) is 11.3 Å². The number of nitrogens with zero attached hydrogens (tertiary/aromatic N) is 7. The molecule has 0 atom stereocenters. The van der Waals surface area contributed by atoms with Crippen LogP contribution in [0.1, 0.15) is 16.8 Å². The van der Waals surface area contributed by atoms with Gasteiger partial charge < -0.3 is 29.2 Å². The van der Waals surface area contributed by atoms with Crippen LogP contribution in [0.2, 0.25) is 0 Å². The second-order valence-corrected chi connectivity index (χ2v) is 11.7. The number of hydrogen-bond acceptors (Lipinski definition) is 8. The standard InChI is InChI=1S/C34H35F3N8O2/c1-46-22-23-9-12-42(20-23)15-16-44-21-29-33(27-17-24(3-6-30(27)44)25-4-8-32(47-2)39-19-25)45(41-40-29)26-5-7-31(28(18-26)34(35,36)37)43-13-10-38-11-14-43/h3-9,12,17-20,38H,10-11,13-16,21-22H2,1-2H3. The number of fused-ring (bicyclic) bond motifs is 3. The Balaban J connectivity index is 1.29. The molecule has 0 radical (unpaired) electrons. The molecule has 1 saturated heterocycles. The van der Waals surface area contributed by atoms with Crippen LogP contribution in [0.3, 0.4) is 0 Å². The number of methoxy groups -OCH3 is 2. The van der Waals surface area contributed by atoms with Crippen LogP contribution in [0.5, 0.6) is 5.88 Å². The molecule has 1 N–H and O–H groups in total. The highest BCUT2D eigenvalue weighted by Crippen LogP contribution is 2.43. The highest BCUT2D eigenvalue weighted by atomic mass is 19.4. The van der Waals surface area contributed by atoms with Gasteiger partial charge in [0.15, 0.2) is 0 Å². The zero-order valence-corrected chi connectivity index (χ0v) is 26.2. The quantitative estimate of drug-likeness (QED) is 0.228. The molecule has 0 amide bonds. The summed E-state index contributed by atoms with van der Waals surface area (Å²) in [5.41, 5.74) is 5.81. The molecule has 5 aromatic rings. The zero-order chi connectivity index (χ0) is 32.5. The monoisotopic (exact) mass is 644 g/mol. The molecule has 244 valence electrons. The van der Waals surface area contributed by atoms with Gasteiger partial charge in [-0.2, -0.15) is 13.2 Å². The lowest BCUT2D eigenvalue weighted by molar-refractivity contribution is -0.137. The van der Waals surface area contributed by atoms with Gasteiger partial charge in [0.2, 0.25) is 5.88 Å². The van der Waals surface area contributed by atoms with Crippen molar-refractivity contribution in [3.8, 4) is 34.0 Å². The second kappa shape index (κ2) is 12.7. The Morgan fingerprint density at radius 3 is 2.47 bits per heavy atom. The topological polar surface area (TPSA) is 85.5 Å². The summed E-state index contributed by atoms with van der Waals surface area (Å²) in [5.74, 6) is 0.505. The van der Waals surface area contributed by atoms with E-state index in [0.717, 1.165) is 34.5 Å². The summed E-state index contributed by atoms with van der Waals surface area (Å²) in [7, 11) is 3.24. The predicted molar refractivity (Wildman–Crippen MR) is 173 cm³/mol. The van der Waals surface area contributed by atoms with E-state index in [1.54, 1.807) is 48.2 Å². The first-order valence-corrected chi connectivity index (χ1v) is 15.5. The average molecular weight is 645 g/mol. The molecule has 3 aromatic heterocycles. The van der Waals surface area contributed by atoms with Gasteiger partial charge in [0.1, 0.15) is 11.4 Å². The SMILES string of the molecule is COCc1ccn(CCN2Cc3nnn(-c4ccc(N5CCNCC5)c(C(F)(F)F)c4)c3-c3cc(-c4ccc(OC)nc4)ccc32)c1. The number of piperazine rings is 1. The molecule has 0 spiro atoms. The number of nitrogens with one attached hydrogen (secondary N) is 1. The van der Waals surface area contributed by atoms with Crippen LogP contribution in [0, 0.1) is 0 Å². The Hall–Kier alpha value is -4.88. The molecule has 0 saturated carbocycles. The lowest BCUT2D eigenvalue weighted by Crippen LogP contribution is -2.44. The van der Waals surface area contributed by atoms with Crippen LogP contribution in [0.15, 0.2) is 73.2 Å². The van der Waals surface area contributed by atoms with Crippen molar-refractivity contribution < 1.29 is 22.6 Å². The van der Waals surface area contributed by atoms with Crippen molar-refractivity contribution in [3.63, 3.8) is 0 Å². The van der Waals surface area contributed by atoms with Crippen LogP contribution in [-0.4, -0.2) is 71.5 Å². The molecular formula is C34H35F3N8O2. The Kier molecular flexibility index (Phi) is 8.33. The first kappa shape index (κ1) is 30.8. The van der Waals surface area contributed by atoms with E-state index in [4.69, 9.17) is 9.47 Å². The predicted octanol–water partition coefficient (Wildman–Crippen LogP) is 5.40. The molecule has 47 heavy (non-hydrogen) atoms. The van der Waals surface area contributed by atoms with Gasteiger partial charge >= 0.3 is 6.18 Å². The number of ether oxygens (including phenoxy) is 2. The van der Waals surface area contributed by atoms with Crippen LogP contribution in [0.25, 0.3) is 28.1 Å². The smallest absolute Gasteiger partial charge is 0.418 e. The van der Waals surface area contributed by atoms with E-state index in [9.17, 15) is 13.2 Å². The number of hydrogen-bond donors (Lipinski definition) is 1. The molecule has 2 aliphatic heterocycles. The van der Waals surface area contributed by atoms with Gasteiger partial charge in [0, 0.05) is 93.5 Å². The van der Waals surface area contributed by atoms with Crippen LogP contribution in [0.4, 0.5) is 24.5 Å². The summed E-state index contributed by atoms with van der Waals surface area (Å²) < 4.78 is 57.7. The summed E-state index contributed by atoms with van der Waals surface area (Å²) in [6.45, 7) is 4.68. The van der Waals surface area contributed by atoms with Crippen molar-refractivity contribution in [2.24, 2.45) is 0 Å². The lowest BCUT2D eigenvalue weighted by atomic mass is 9.96. The zero-order valence-electron chi connectivity index (χ0n) is 26.2. The van der Waals surface area contributed by atoms with Gasteiger partial charge in [0.25, 0.3) is 0 Å². The third-order valence-corrected chi connectivity index (χ3v) is 8.69. The highest BCUT2D eigenvalue weighted by molar-refractivity contribution is 5.86. The van der Waals surface area contributed by atoms with E-state index in [-0.39, 0.29) is 5.69 Å². The summed E-state index contributed by atoms with van der Waals surface area (Å²) in [4.78, 5) is 8.39. The first-order valence-electron chi connectivity index (χ1n) is 15.5. The van der Waals surface area contributed by atoms with Crippen molar-refractivity contribution in [2.45, 2.75) is 25.9 Å². The van der Waals surface area contributed by atoms with Gasteiger partial charge in [-0.05, 0) is 53.6 Å². The number of aromatic nitrogens is 5. The van der Waals surface area contributed by atoms with Crippen molar-refractivity contribution in [1.29, 1.82) is 0 Å². The minimum atomic E-state index is -4.54. The fourth-order valence-electron chi connectivity index (χ4n) is 6.37. The minimum absolute atomic E-state index is 0.177. The molecule has 5 heterocycles. The maximum atomic E-state index is 14.5. The van der Waals surface area contributed by atoms with Crippen LogP contribution >= 0.6 is 0 Å². The highest BCUT2D eigenvalue weighted by Gasteiger charge is 2.36. The van der Waals surface area contributed by atoms with Gasteiger partial charge in [0.05, 0.1) is 31.5 Å². The number of halogens is 3. The van der Waals surface area contributed by atoms with Gasteiger partial charge in [-0.3, -0.25) is 0 Å². The number of alkyl halides is 3. The molecule has 13 heteroatoms. The summed E-state index contributed by atoms with van der Waals surface area (Å²) in [6.07, 6.45) is 1.30.